The second kappa shape index (κ2) is 8.19. The summed E-state index contributed by atoms with van der Waals surface area (Å²) >= 11 is 0. The molecule has 0 spiro atoms. The highest BCUT2D eigenvalue weighted by atomic mass is 32.2. The largest absolute Gasteiger partial charge is 0.476 e. The van der Waals surface area contributed by atoms with Gasteiger partial charge in [-0.25, -0.2) is 17.7 Å². The summed E-state index contributed by atoms with van der Waals surface area (Å²) < 4.78 is 32.8. The van der Waals surface area contributed by atoms with E-state index in [0.29, 0.717) is 49.3 Å². The normalized spacial score (nSPS) is 20.5. The fraction of sp³-hybridized carbons (Fsp3) is 0.556. The van der Waals surface area contributed by atoms with Gasteiger partial charge in [0, 0.05) is 30.9 Å². The molecule has 1 saturated heterocycles. The van der Waals surface area contributed by atoms with Gasteiger partial charge in [0.1, 0.15) is 5.69 Å². The van der Waals surface area contributed by atoms with Crippen LogP contribution in [-0.2, 0) is 10.0 Å². The first-order valence-electron chi connectivity index (χ1n) is 9.96. The third-order valence-electron chi connectivity index (χ3n) is 5.20. The van der Waals surface area contributed by atoms with Crippen LogP contribution in [0.1, 0.15) is 26.7 Å². The molecule has 0 aromatic carbocycles. The lowest BCUT2D eigenvalue weighted by Gasteiger charge is -2.35. The van der Waals surface area contributed by atoms with Gasteiger partial charge in [-0.3, -0.25) is 5.10 Å². The number of aromatic amines is 1. The van der Waals surface area contributed by atoms with Crippen molar-refractivity contribution in [1.29, 1.82) is 0 Å². The molecule has 0 aliphatic carbocycles. The quantitative estimate of drug-likeness (QED) is 0.570. The molecule has 2 N–H and O–H groups in total. The summed E-state index contributed by atoms with van der Waals surface area (Å²) in [4.78, 5) is 9.05. The molecule has 12 heteroatoms. The fourth-order valence-electron chi connectivity index (χ4n) is 3.59. The summed E-state index contributed by atoms with van der Waals surface area (Å²) in [6.45, 7) is 5.53. The average Bonchev–Trinajstić information content (AvgIpc) is 3.36. The molecule has 0 amide bonds. The minimum absolute atomic E-state index is 0.0710. The zero-order valence-electron chi connectivity index (χ0n) is 17.2. The predicted octanol–water partition coefficient (Wildman–Crippen LogP) is 1.39. The highest BCUT2D eigenvalue weighted by Crippen LogP contribution is 2.29. The third kappa shape index (κ3) is 4.10. The van der Waals surface area contributed by atoms with Crippen LogP contribution in [0.4, 0.5) is 5.95 Å². The highest BCUT2D eigenvalue weighted by molar-refractivity contribution is 7.88. The van der Waals surface area contributed by atoms with Gasteiger partial charge in [-0.15, -0.1) is 5.10 Å². The van der Waals surface area contributed by atoms with Crippen molar-refractivity contribution in [2.24, 2.45) is 5.92 Å². The highest BCUT2D eigenvalue weighted by Gasteiger charge is 2.31. The lowest BCUT2D eigenvalue weighted by molar-refractivity contribution is 0.262. The number of hydrogen-bond acceptors (Lipinski definition) is 8. The molecule has 4 heterocycles. The zero-order chi connectivity index (χ0) is 21.3. The lowest BCUT2D eigenvalue weighted by atomic mass is 9.95. The average molecular weight is 435 g/mol. The number of aromatic nitrogens is 6. The molecule has 11 nitrogen and oxygen atoms in total. The monoisotopic (exact) mass is 434 g/mol. The van der Waals surface area contributed by atoms with E-state index in [2.05, 4.69) is 30.6 Å². The third-order valence-corrected chi connectivity index (χ3v) is 6.47. The second-order valence-electron chi connectivity index (χ2n) is 7.59. The zero-order valence-corrected chi connectivity index (χ0v) is 18.1. The Morgan fingerprint density at radius 3 is 2.87 bits per heavy atom. The van der Waals surface area contributed by atoms with Crippen molar-refractivity contribution in [3.63, 3.8) is 0 Å². The van der Waals surface area contributed by atoms with Crippen LogP contribution < -0.4 is 10.1 Å². The van der Waals surface area contributed by atoms with Crippen molar-refractivity contribution in [2.75, 3.05) is 31.3 Å². The van der Waals surface area contributed by atoms with E-state index in [1.165, 1.54) is 10.6 Å². The number of ether oxygens (including phenoxy) is 1. The van der Waals surface area contributed by atoms with Gasteiger partial charge in [-0.05, 0) is 18.8 Å². The number of nitrogens with zero attached hydrogens (tertiary/aromatic N) is 6. The lowest BCUT2D eigenvalue weighted by Crippen LogP contribution is -2.47. The van der Waals surface area contributed by atoms with Crippen molar-refractivity contribution in [3.8, 4) is 17.1 Å². The number of H-pyrrole nitrogens is 1. The van der Waals surface area contributed by atoms with Crippen molar-refractivity contribution in [1.82, 2.24) is 34.1 Å². The van der Waals surface area contributed by atoms with Crippen LogP contribution in [0, 0.1) is 5.92 Å². The maximum Gasteiger partial charge on any atom is 0.244 e. The molecule has 4 rings (SSSR count). The van der Waals surface area contributed by atoms with Crippen LogP contribution in [0.5, 0.6) is 5.88 Å². The first-order chi connectivity index (χ1) is 14.4. The summed E-state index contributed by atoms with van der Waals surface area (Å²) in [6, 6.07) is 0.0710. The Balaban J connectivity index is 1.60. The Bertz CT molecular complexity index is 1110. The molecular formula is C18H26N8O3S. The Morgan fingerprint density at radius 1 is 1.37 bits per heavy atom. The van der Waals surface area contributed by atoms with Crippen molar-refractivity contribution < 1.29 is 13.2 Å². The summed E-state index contributed by atoms with van der Waals surface area (Å²) in [7, 11) is -3.18. The molecule has 30 heavy (non-hydrogen) atoms. The fourth-order valence-corrected chi connectivity index (χ4v) is 4.53. The van der Waals surface area contributed by atoms with Gasteiger partial charge in [0.25, 0.3) is 0 Å². The molecule has 1 aliphatic rings. The second-order valence-corrected chi connectivity index (χ2v) is 9.57. The summed E-state index contributed by atoms with van der Waals surface area (Å²) in [5.41, 5.74) is 2.00. The van der Waals surface area contributed by atoms with Crippen LogP contribution in [0.3, 0.4) is 0 Å². The Kier molecular flexibility index (Phi) is 5.60. The minimum atomic E-state index is -3.18. The maximum atomic E-state index is 11.8. The summed E-state index contributed by atoms with van der Waals surface area (Å²) in [5, 5.41) is 14.7. The number of sulfonamides is 1. The number of fused-ring (bicyclic) bond motifs is 1. The molecule has 2 atom stereocenters. The number of nitrogens with one attached hydrogen (secondary N) is 2. The minimum Gasteiger partial charge on any atom is -0.476 e. The van der Waals surface area contributed by atoms with Crippen LogP contribution in [0.2, 0.25) is 0 Å². The van der Waals surface area contributed by atoms with Gasteiger partial charge in [0.05, 0.1) is 25.3 Å². The number of anilines is 1. The van der Waals surface area contributed by atoms with Gasteiger partial charge in [-0.2, -0.15) is 14.6 Å². The smallest absolute Gasteiger partial charge is 0.244 e. The Labute approximate surface area is 174 Å². The molecule has 0 saturated carbocycles. The maximum absolute atomic E-state index is 11.8. The summed E-state index contributed by atoms with van der Waals surface area (Å²) in [6.07, 6.45) is 7.86. The SMILES string of the molecule is CCCOc1c(-c2cn[nH]c2)ncc2nc(NC3CCN(S(C)(=O)=O)C[C@H]3C)nn12. The van der Waals surface area contributed by atoms with Crippen molar-refractivity contribution in [3.05, 3.63) is 18.6 Å². The predicted molar refractivity (Wildman–Crippen MR) is 112 cm³/mol. The molecule has 0 radical (unpaired) electrons. The van der Waals surface area contributed by atoms with E-state index >= 15 is 0 Å². The first-order valence-corrected chi connectivity index (χ1v) is 11.8. The number of rotatable bonds is 7. The van der Waals surface area contributed by atoms with Gasteiger partial charge in [0.15, 0.2) is 5.65 Å². The van der Waals surface area contributed by atoms with Crippen LogP contribution in [-0.4, -0.2) is 74.5 Å². The molecule has 3 aromatic rings. The molecule has 1 unspecified atom stereocenters. The first kappa shape index (κ1) is 20.5. The van der Waals surface area contributed by atoms with Crippen LogP contribution in [0.15, 0.2) is 18.6 Å². The van der Waals surface area contributed by atoms with E-state index in [-0.39, 0.29) is 12.0 Å². The Morgan fingerprint density at radius 2 is 2.20 bits per heavy atom. The molecule has 0 bridgehead atoms. The van der Waals surface area contributed by atoms with E-state index in [9.17, 15) is 8.42 Å². The Hall–Kier alpha value is -2.73. The van der Waals surface area contributed by atoms with Crippen LogP contribution >= 0.6 is 0 Å². The van der Waals surface area contributed by atoms with Crippen molar-refractivity contribution >= 4 is 21.6 Å². The molecular weight excluding hydrogens is 408 g/mol. The van der Waals surface area contributed by atoms with Crippen molar-refractivity contribution in [2.45, 2.75) is 32.7 Å². The van der Waals surface area contributed by atoms with E-state index < -0.39 is 10.0 Å². The standard InChI is InChI=1S/C18H26N8O3S/c1-4-7-29-17-16(13-8-20-21-9-13)19-10-15-23-18(24-26(15)17)22-14-5-6-25(11-12(14)2)30(3,27)28/h8-10,12,14H,4-7,11H2,1-3H3,(H,20,21)(H,22,24)/t12-,14?/m1/s1. The molecule has 1 fully saturated rings. The van der Waals surface area contributed by atoms with Crippen LogP contribution in [0.25, 0.3) is 16.9 Å². The molecule has 1 aliphatic heterocycles. The van der Waals surface area contributed by atoms with Gasteiger partial charge < -0.3 is 10.1 Å². The summed E-state index contributed by atoms with van der Waals surface area (Å²) in [5.74, 6) is 1.10. The van der Waals surface area contributed by atoms with E-state index in [1.807, 2.05) is 13.8 Å². The van der Waals surface area contributed by atoms with E-state index in [0.717, 1.165) is 12.0 Å². The molecule has 3 aromatic heterocycles. The van der Waals surface area contributed by atoms with Gasteiger partial charge in [0.2, 0.25) is 21.9 Å². The topological polar surface area (TPSA) is 130 Å². The van der Waals surface area contributed by atoms with Gasteiger partial charge >= 0.3 is 0 Å². The molecule has 162 valence electrons. The number of hydrogen-bond donors (Lipinski definition) is 2. The van der Waals surface area contributed by atoms with Gasteiger partial charge in [-0.1, -0.05) is 13.8 Å². The number of piperidine rings is 1. The van der Waals surface area contributed by atoms with E-state index in [4.69, 9.17) is 4.74 Å². The van der Waals surface area contributed by atoms with E-state index in [1.54, 1.807) is 23.1 Å².